The molecule has 0 amide bonds. The minimum absolute atomic E-state index is 0. The molecule has 0 atom stereocenters. The smallest absolute Gasteiger partial charge is 0.278 e. The lowest BCUT2D eigenvalue weighted by Gasteiger charge is -2.11. The molecule has 0 aliphatic carbocycles. The van der Waals surface area contributed by atoms with Crippen LogP contribution < -0.4 is 0 Å². The largest absolute Gasteiger partial charge is 0.322 e. The predicted molar refractivity (Wildman–Crippen MR) is 47.4 cm³/mol. The molecule has 56 valence electrons. The van der Waals surface area contributed by atoms with Crippen molar-refractivity contribution in [3.8, 4) is 0 Å². The average Bonchev–Trinajstić information content (AvgIpc) is 1.63. The fourth-order valence-corrected chi connectivity index (χ4v) is 3.62. The lowest BCUT2D eigenvalue weighted by atomic mass is 10.6. The van der Waals surface area contributed by atoms with Gasteiger partial charge in [0.2, 0.25) is 0 Å². The second kappa shape index (κ2) is 5.29. The fourth-order valence-electron chi connectivity index (χ4n) is 1.21. The SMILES string of the molecule is CC[CH2][Al]([CH3])[CH2]N(C)C.[HH]. The molecule has 0 aromatic heterocycles. The van der Waals surface area contributed by atoms with Crippen LogP contribution in [0.15, 0.2) is 0 Å². The second-order valence-electron chi connectivity index (χ2n) is 3.16. The molecule has 0 aromatic rings. The van der Waals surface area contributed by atoms with Gasteiger partial charge in [0.25, 0.3) is 14.1 Å². The summed E-state index contributed by atoms with van der Waals surface area (Å²) in [5.41, 5.74) is 0. The number of nitrogens with zero attached hydrogens (tertiary/aromatic N) is 1. The summed E-state index contributed by atoms with van der Waals surface area (Å²) in [6.45, 7) is 2.28. The van der Waals surface area contributed by atoms with Crippen LogP contribution in [-0.4, -0.2) is 38.6 Å². The van der Waals surface area contributed by atoms with Crippen LogP contribution in [0.3, 0.4) is 0 Å². The van der Waals surface area contributed by atoms with E-state index in [4.69, 9.17) is 0 Å². The molecule has 0 heterocycles. The van der Waals surface area contributed by atoms with E-state index in [0.717, 1.165) is 0 Å². The summed E-state index contributed by atoms with van der Waals surface area (Å²) >= 11 is -0.334. The van der Waals surface area contributed by atoms with Crippen LogP contribution in [0.1, 0.15) is 14.8 Å². The summed E-state index contributed by atoms with van der Waals surface area (Å²) in [6, 6.07) is 0. The van der Waals surface area contributed by atoms with Gasteiger partial charge in [-0.15, -0.1) is 5.79 Å². The molecule has 0 unspecified atom stereocenters. The molecule has 0 saturated carbocycles. The fraction of sp³-hybridized carbons (Fsp3) is 1.00. The summed E-state index contributed by atoms with van der Waals surface area (Å²) in [7, 11) is 4.33. The van der Waals surface area contributed by atoms with E-state index >= 15 is 0 Å². The Balaban J connectivity index is 0. The quantitative estimate of drug-likeness (QED) is 0.546. The molecule has 0 radical (unpaired) electrons. The van der Waals surface area contributed by atoms with Gasteiger partial charge < -0.3 is 4.90 Å². The highest BCUT2D eigenvalue weighted by Crippen LogP contribution is 1.96. The first-order valence-electron chi connectivity index (χ1n) is 3.81. The first kappa shape index (κ1) is 9.49. The zero-order chi connectivity index (χ0) is 7.28. The van der Waals surface area contributed by atoms with Crippen molar-refractivity contribution in [1.29, 1.82) is 0 Å². The van der Waals surface area contributed by atoms with E-state index in [1.54, 1.807) is 0 Å². The van der Waals surface area contributed by atoms with Gasteiger partial charge in [0.1, 0.15) is 0 Å². The zero-order valence-electron chi connectivity index (χ0n) is 7.15. The van der Waals surface area contributed by atoms with E-state index in [1.165, 1.54) is 17.1 Å². The molecule has 0 aliphatic heterocycles. The van der Waals surface area contributed by atoms with Gasteiger partial charge in [-0.3, -0.25) is 0 Å². The summed E-state index contributed by atoms with van der Waals surface area (Å²) in [5, 5.41) is 2.87. The third kappa shape index (κ3) is 6.38. The van der Waals surface area contributed by atoms with Gasteiger partial charge in [0.15, 0.2) is 0 Å². The molecule has 1 nitrogen and oxygen atoms in total. The van der Waals surface area contributed by atoms with Gasteiger partial charge in [0, 0.05) is 1.43 Å². The minimum atomic E-state index is -0.334. The second-order valence-corrected chi connectivity index (χ2v) is 6.31. The van der Waals surface area contributed by atoms with Gasteiger partial charge in [-0.05, 0) is 19.5 Å². The maximum absolute atomic E-state index is 2.45. The predicted octanol–water partition coefficient (Wildman–Crippen LogP) is 1.87. The molecule has 0 aromatic carbocycles. The maximum Gasteiger partial charge on any atom is 0.278 e. The van der Waals surface area contributed by atoms with Crippen molar-refractivity contribution in [1.82, 2.24) is 4.90 Å². The van der Waals surface area contributed by atoms with E-state index in [9.17, 15) is 0 Å². The van der Waals surface area contributed by atoms with E-state index in [1.807, 2.05) is 0 Å². The first-order valence-corrected chi connectivity index (χ1v) is 6.60. The van der Waals surface area contributed by atoms with Crippen molar-refractivity contribution < 1.29 is 1.43 Å². The molecular formula is C7H20AlN. The molecule has 0 saturated heterocycles. The van der Waals surface area contributed by atoms with Crippen LogP contribution in [-0.2, 0) is 0 Å². The molecule has 0 N–H and O–H groups in total. The molecule has 0 bridgehead atoms. The van der Waals surface area contributed by atoms with Crippen LogP contribution in [0, 0.1) is 0 Å². The Morgan fingerprint density at radius 3 is 2.33 bits per heavy atom. The summed E-state index contributed by atoms with van der Waals surface area (Å²) in [6.07, 6.45) is 1.38. The summed E-state index contributed by atoms with van der Waals surface area (Å²) in [4.78, 5) is 2.31. The highest BCUT2D eigenvalue weighted by molar-refractivity contribution is 6.57. The van der Waals surface area contributed by atoms with Gasteiger partial charge in [-0.2, -0.15) is 0 Å². The van der Waals surface area contributed by atoms with E-state index in [-0.39, 0.29) is 15.6 Å². The molecule has 0 fully saturated rings. The molecule has 2 heteroatoms. The summed E-state index contributed by atoms with van der Waals surface area (Å²) in [5.74, 6) is 2.45. The highest BCUT2D eigenvalue weighted by Gasteiger charge is 2.08. The number of hydrogen-bond acceptors (Lipinski definition) is 1. The Bertz CT molecular complexity index is 68.6. The first-order chi connectivity index (χ1) is 4.16. The van der Waals surface area contributed by atoms with E-state index < -0.39 is 0 Å². The third-order valence-electron chi connectivity index (χ3n) is 1.46. The number of hydrogen-bond donors (Lipinski definition) is 0. The van der Waals surface area contributed by atoms with E-state index in [0.29, 0.717) is 0 Å². The molecule has 0 rings (SSSR count). The Hall–Kier alpha value is 0.492. The van der Waals surface area contributed by atoms with Crippen molar-refractivity contribution in [3.05, 3.63) is 0 Å². The topological polar surface area (TPSA) is 3.24 Å². The third-order valence-corrected chi connectivity index (χ3v) is 4.37. The van der Waals surface area contributed by atoms with Gasteiger partial charge in [-0.1, -0.05) is 18.6 Å². The lowest BCUT2D eigenvalue weighted by Crippen LogP contribution is -2.26. The van der Waals surface area contributed by atoms with E-state index in [2.05, 4.69) is 31.7 Å². The Morgan fingerprint density at radius 1 is 1.44 bits per heavy atom. The Morgan fingerprint density at radius 2 is 2.00 bits per heavy atom. The van der Waals surface area contributed by atoms with Gasteiger partial charge >= 0.3 is 0 Å². The molecule has 0 aliphatic rings. The normalized spacial score (nSPS) is 10.3. The van der Waals surface area contributed by atoms with Crippen molar-refractivity contribution in [2.45, 2.75) is 24.4 Å². The Labute approximate surface area is 64.9 Å². The zero-order valence-corrected chi connectivity index (χ0v) is 8.30. The van der Waals surface area contributed by atoms with Crippen LogP contribution >= 0.6 is 0 Å². The van der Waals surface area contributed by atoms with Crippen LogP contribution in [0.25, 0.3) is 0 Å². The Kier molecular flexibility index (Phi) is 5.58. The molecule has 0 spiro atoms. The molecular weight excluding hydrogens is 125 g/mol. The van der Waals surface area contributed by atoms with Gasteiger partial charge in [-0.25, -0.2) is 0 Å². The lowest BCUT2D eigenvalue weighted by molar-refractivity contribution is 0.473. The van der Waals surface area contributed by atoms with Crippen molar-refractivity contribution in [2.75, 3.05) is 19.5 Å². The van der Waals surface area contributed by atoms with Crippen molar-refractivity contribution in [2.24, 2.45) is 0 Å². The van der Waals surface area contributed by atoms with Gasteiger partial charge in [0.05, 0.1) is 0 Å². The average molecular weight is 145 g/mol. The minimum Gasteiger partial charge on any atom is -0.322 e. The summed E-state index contributed by atoms with van der Waals surface area (Å²) < 4.78 is 0. The van der Waals surface area contributed by atoms with Crippen LogP contribution in [0.2, 0.25) is 11.1 Å². The number of rotatable bonds is 4. The standard InChI is InChI=1S/C3H8N.C3H7.CH3.Al.H2/c1-4(2)3;1-3-2;;;/h1H2,2-3H3;1,3H2,2H3;1H3;;1H. The van der Waals surface area contributed by atoms with Crippen molar-refractivity contribution in [3.63, 3.8) is 0 Å². The highest BCUT2D eigenvalue weighted by atomic mass is 27.2. The monoisotopic (exact) mass is 145 g/mol. The molecule has 9 heavy (non-hydrogen) atoms. The van der Waals surface area contributed by atoms with Crippen LogP contribution in [0.5, 0.6) is 0 Å². The maximum atomic E-state index is 2.45. The van der Waals surface area contributed by atoms with Crippen molar-refractivity contribution >= 4 is 14.1 Å². The van der Waals surface area contributed by atoms with Crippen LogP contribution in [0.4, 0.5) is 0 Å².